The second-order valence-corrected chi connectivity index (χ2v) is 34.4. The van der Waals surface area contributed by atoms with Gasteiger partial charge in [-0.1, -0.05) is 400 Å². The van der Waals surface area contributed by atoms with Crippen LogP contribution >= 0.6 is 23.5 Å². The summed E-state index contributed by atoms with van der Waals surface area (Å²) in [5.41, 5.74) is 31.9. The second-order valence-electron chi connectivity index (χ2n) is 32.3. The van der Waals surface area contributed by atoms with Crippen molar-refractivity contribution in [3.05, 3.63) is 463 Å². The van der Waals surface area contributed by atoms with Crippen LogP contribution in [0.2, 0.25) is 0 Å². The van der Waals surface area contributed by atoms with E-state index < -0.39 is 10.8 Å². The zero-order valence-electron chi connectivity index (χ0n) is 66.8. The highest BCUT2D eigenvalue weighted by molar-refractivity contribution is 8.00. The van der Waals surface area contributed by atoms with Crippen LogP contribution in [0, 0.1) is 0 Å². The van der Waals surface area contributed by atoms with E-state index in [1.54, 1.807) is 0 Å². The first kappa shape index (κ1) is 71.5. The van der Waals surface area contributed by atoms with Gasteiger partial charge in [0, 0.05) is 102 Å². The second kappa shape index (κ2) is 28.7. The van der Waals surface area contributed by atoms with Crippen molar-refractivity contribution in [3.8, 4) is 113 Å². The minimum Gasteiger partial charge on any atom is -0.247 e. The lowest BCUT2D eigenvalue weighted by atomic mass is 9.67. The van der Waals surface area contributed by atoms with Crippen molar-refractivity contribution in [3.63, 3.8) is 0 Å². The summed E-state index contributed by atoms with van der Waals surface area (Å²) in [6.07, 6.45) is 0. The summed E-state index contributed by atoms with van der Waals surface area (Å²) >= 11 is 3.80. The van der Waals surface area contributed by atoms with Gasteiger partial charge < -0.3 is 0 Å². The molecule has 2 aliphatic carbocycles. The van der Waals surface area contributed by atoms with Crippen molar-refractivity contribution in [1.82, 2.24) is 34.9 Å². The molecule has 0 unspecified atom stereocenters. The molecule has 0 saturated carbocycles. The van der Waals surface area contributed by atoms with Crippen molar-refractivity contribution in [2.24, 2.45) is 0 Å². The molecule has 5 aromatic heterocycles. The third-order valence-electron chi connectivity index (χ3n) is 25.7. The van der Waals surface area contributed by atoms with Gasteiger partial charge in [-0.2, -0.15) is 0 Å². The zero-order valence-corrected chi connectivity index (χ0v) is 68.4. The van der Waals surface area contributed by atoms with Crippen LogP contribution in [0.15, 0.2) is 438 Å². The maximum Gasteiger partial charge on any atom is 0.164 e. The monoisotopic (exact) mass is 1610 g/mol. The third kappa shape index (κ3) is 11.1. The summed E-state index contributed by atoms with van der Waals surface area (Å²) in [6.45, 7) is 0. The molecule has 7 heterocycles. The SMILES string of the molecule is c1ccc(-c2ccc3ccc4ccc(-c5ccc(-c6nc7ccccc7c7c8c(ccc67)C6(c7ccccc7S8)c7ccccc7-c7ccccc76)cc5)nc4c3n2)cc1.c1ccc(-c2nc(-c3ccccc3)nc(-c3cccc(-c4ccc(-c5nc6ccccc6c6c7c(ccc56)C5(c6ccccc6S7)c6ccccc6-c6ccccc65)cc4)c3)n2)cc1. The van der Waals surface area contributed by atoms with Crippen LogP contribution in [-0.4, -0.2) is 34.9 Å². The van der Waals surface area contributed by atoms with E-state index in [4.69, 9.17) is 34.9 Å². The Balaban J connectivity index is 0.000000136. The van der Waals surface area contributed by atoms with E-state index in [9.17, 15) is 0 Å². The molecule has 576 valence electrons. The van der Waals surface area contributed by atoms with E-state index in [0.717, 1.165) is 122 Å². The summed E-state index contributed by atoms with van der Waals surface area (Å²) in [5.74, 6) is 1.92. The van der Waals surface area contributed by atoms with E-state index in [0.29, 0.717) is 17.5 Å². The molecule has 22 aromatic rings. The van der Waals surface area contributed by atoms with Crippen molar-refractivity contribution in [1.29, 1.82) is 0 Å². The Labute approximate surface area is 724 Å². The molecule has 4 aliphatic rings. The first-order valence-corrected chi connectivity index (χ1v) is 43.7. The number of hydrogen-bond acceptors (Lipinski definition) is 9. The molecule has 2 aliphatic heterocycles. The first-order chi connectivity index (χ1) is 61.5. The minimum absolute atomic E-state index is 0.443. The highest BCUT2D eigenvalue weighted by Gasteiger charge is 2.52. The van der Waals surface area contributed by atoms with Gasteiger partial charge in [0.15, 0.2) is 17.5 Å². The maximum atomic E-state index is 5.42. The average molecular weight is 1610 g/mol. The zero-order chi connectivity index (χ0) is 81.6. The standard InChI is InChI=1S/C59H36N4S.C56H33N3S/c1-3-16-39(17-4-1)56-61-57(40-18-5-2-6-19-40)63-58(62-56)42-21-15-20-41(36-42)37-30-32-38(33-31-37)54-46-34-35-50-55(53(46)45-24-9-13-28-51(45)60-54)64-52-29-14-12-27-49(52)59(50)47-25-10-7-22-43(47)44-23-8-11-26-48(44)59;1-2-12-34(13-3-1)47-32-28-37-26-27-38-29-33-48(58-54(38)53(37)57-47)35-22-24-36(25-23-35)52-42-30-31-46-55(51(42)41-16-6-10-20-49(41)59-52)60-50-21-11-9-19-45(50)56(46)43-17-7-4-14-39(43)40-15-5-8-18-44(40)56/h1-36H;1-33H. The number of para-hydroxylation sites is 2. The number of aromatic nitrogens is 7. The normalized spacial score (nSPS) is 13.2. The number of hydrogen-bond donors (Lipinski definition) is 0. The number of nitrogens with zero attached hydrogens (tertiary/aromatic N) is 7. The molecule has 0 N–H and O–H groups in total. The molecular formula is C115H69N7S2. The Hall–Kier alpha value is -15.4. The molecule has 26 rings (SSSR count). The summed E-state index contributed by atoms with van der Waals surface area (Å²) in [6, 6.07) is 150. The van der Waals surface area contributed by atoms with Crippen LogP contribution in [0.3, 0.4) is 0 Å². The molecule has 0 amide bonds. The molecule has 0 saturated heterocycles. The van der Waals surface area contributed by atoms with Crippen molar-refractivity contribution >= 4 is 88.7 Å². The van der Waals surface area contributed by atoms with E-state index >= 15 is 0 Å². The van der Waals surface area contributed by atoms with Crippen molar-refractivity contribution in [2.75, 3.05) is 0 Å². The minimum atomic E-state index is -0.452. The molecule has 124 heavy (non-hydrogen) atoms. The smallest absolute Gasteiger partial charge is 0.164 e. The first-order valence-electron chi connectivity index (χ1n) is 42.1. The molecular weight excluding hydrogens is 1540 g/mol. The fourth-order valence-corrected chi connectivity index (χ4v) is 22.9. The third-order valence-corrected chi connectivity index (χ3v) is 28.1. The predicted octanol–water partition coefficient (Wildman–Crippen LogP) is 29.0. The fraction of sp³-hybridized carbons (Fsp3) is 0.0174. The molecule has 0 bridgehead atoms. The molecule has 17 aromatic carbocycles. The number of pyridine rings is 4. The summed E-state index contributed by atoms with van der Waals surface area (Å²) in [7, 11) is 0. The summed E-state index contributed by atoms with van der Waals surface area (Å²) < 4.78 is 0. The van der Waals surface area contributed by atoms with E-state index in [1.165, 1.54) is 103 Å². The highest BCUT2D eigenvalue weighted by atomic mass is 32.2. The van der Waals surface area contributed by atoms with Gasteiger partial charge in [0.1, 0.15) is 0 Å². The Morgan fingerprint density at radius 2 is 0.524 bits per heavy atom. The Morgan fingerprint density at radius 1 is 0.194 bits per heavy atom. The van der Waals surface area contributed by atoms with Crippen LogP contribution in [0.1, 0.15) is 44.5 Å². The van der Waals surface area contributed by atoms with Gasteiger partial charge in [-0.3, -0.25) is 0 Å². The fourth-order valence-electron chi connectivity index (χ4n) is 20.2. The number of rotatable bonds is 8. The Bertz CT molecular complexity index is 8030. The van der Waals surface area contributed by atoms with Crippen LogP contribution < -0.4 is 0 Å². The molecule has 0 atom stereocenters. The summed E-state index contributed by atoms with van der Waals surface area (Å²) in [4.78, 5) is 41.3. The molecule has 7 nitrogen and oxygen atoms in total. The molecule has 9 heteroatoms. The topological polar surface area (TPSA) is 90.2 Å². The number of benzene rings is 17. The van der Waals surface area contributed by atoms with Gasteiger partial charge in [-0.05, 0) is 120 Å². The van der Waals surface area contributed by atoms with E-state index in [2.05, 4.69) is 352 Å². The van der Waals surface area contributed by atoms with Crippen LogP contribution in [0.25, 0.3) is 178 Å². The van der Waals surface area contributed by atoms with Crippen LogP contribution in [-0.2, 0) is 10.8 Å². The van der Waals surface area contributed by atoms with E-state index in [1.807, 2.05) is 90.3 Å². The van der Waals surface area contributed by atoms with Gasteiger partial charge in [-0.15, -0.1) is 0 Å². The molecule has 0 radical (unpaired) electrons. The largest absolute Gasteiger partial charge is 0.247 e. The van der Waals surface area contributed by atoms with Crippen molar-refractivity contribution in [2.45, 2.75) is 30.4 Å². The van der Waals surface area contributed by atoms with Gasteiger partial charge in [-0.25, -0.2) is 34.9 Å². The van der Waals surface area contributed by atoms with Crippen LogP contribution in [0.5, 0.6) is 0 Å². The van der Waals surface area contributed by atoms with Crippen LogP contribution in [0.4, 0.5) is 0 Å². The van der Waals surface area contributed by atoms with Gasteiger partial charge >= 0.3 is 0 Å². The Kier molecular flexibility index (Phi) is 16.5. The lowest BCUT2D eigenvalue weighted by Gasteiger charge is -2.40. The number of fused-ring (bicyclic) bond motifs is 29. The predicted molar refractivity (Wildman–Crippen MR) is 509 cm³/mol. The maximum absolute atomic E-state index is 5.42. The Morgan fingerprint density at radius 3 is 0.968 bits per heavy atom. The lowest BCUT2D eigenvalue weighted by molar-refractivity contribution is 0.726. The molecule has 2 spiro atoms. The van der Waals surface area contributed by atoms with E-state index in [-0.39, 0.29) is 0 Å². The average Bonchev–Trinajstić information content (AvgIpc) is 1.48. The van der Waals surface area contributed by atoms with Crippen molar-refractivity contribution < 1.29 is 0 Å². The van der Waals surface area contributed by atoms with Gasteiger partial charge in [0.2, 0.25) is 0 Å². The molecule has 0 fully saturated rings. The van der Waals surface area contributed by atoms with Gasteiger partial charge in [0.05, 0.1) is 55.7 Å². The summed E-state index contributed by atoms with van der Waals surface area (Å²) in [5, 5.41) is 9.28. The quantitative estimate of drug-likeness (QED) is 0.138. The highest BCUT2D eigenvalue weighted by Crippen LogP contribution is 2.66. The lowest BCUT2D eigenvalue weighted by Crippen LogP contribution is -2.32. The van der Waals surface area contributed by atoms with Gasteiger partial charge in [0.25, 0.3) is 0 Å².